The molecule has 0 amide bonds. The summed E-state index contributed by atoms with van der Waals surface area (Å²) in [7, 11) is 0. The maximum atomic E-state index is 3.69. The third-order valence-corrected chi connectivity index (χ3v) is 4.67. The lowest BCUT2D eigenvalue weighted by atomic mass is 10.1. The van der Waals surface area contributed by atoms with Crippen LogP contribution in [0, 0.1) is 3.57 Å². The molecule has 82 valence electrons. The zero-order valence-electron chi connectivity index (χ0n) is 8.87. The maximum Gasteiger partial charge on any atom is 0.0294 e. The lowest BCUT2D eigenvalue weighted by molar-refractivity contribution is 0.486. The molecule has 1 heterocycles. The Balaban J connectivity index is 1.94. The molecule has 1 fully saturated rings. The summed E-state index contributed by atoms with van der Waals surface area (Å²) >= 11 is 4.40. The van der Waals surface area contributed by atoms with Crippen molar-refractivity contribution in [3.05, 3.63) is 33.4 Å². The van der Waals surface area contributed by atoms with Crippen LogP contribution in [0.3, 0.4) is 0 Å². The van der Waals surface area contributed by atoms with E-state index in [1.54, 1.807) is 0 Å². The van der Waals surface area contributed by atoms with E-state index in [2.05, 4.69) is 70.9 Å². The van der Waals surface area contributed by atoms with E-state index in [9.17, 15) is 0 Å². The van der Waals surface area contributed by atoms with Gasteiger partial charge in [-0.25, -0.2) is 0 Å². The van der Waals surface area contributed by atoms with Gasteiger partial charge in [0.05, 0.1) is 0 Å². The molecule has 1 aliphatic rings. The lowest BCUT2D eigenvalue weighted by Gasteiger charge is -2.19. The minimum absolute atomic E-state index is 0.477. The molecule has 3 heteroatoms. The minimum atomic E-state index is 0.477. The standard InChI is InChI=1S/C12H16INS/c1-9(14-12-6-7-15-8-12)10-2-4-11(13)5-3-10/h2-5,9,12,14H,6-8H2,1H3. The van der Waals surface area contributed by atoms with E-state index in [0.29, 0.717) is 12.1 Å². The van der Waals surface area contributed by atoms with Gasteiger partial charge in [0.25, 0.3) is 0 Å². The molecule has 0 aromatic heterocycles. The maximum absolute atomic E-state index is 3.69. The van der Waals surface area contributed by atoms with E-state index in [-0.39, 0.29) is 0 Å². The van der Waals surface area contributed by atoms with E-state index in [1.165, 1.54) is 27.1 Å². The van der Waals surface area contributed by atoms with Crippen molar-refractivity contribution < 1.29 is 0 Å². The van der Waals surface area contributed by atoms with Gasteiger partial charge in [0.2, 0.25) is 0 Å². The molecule has 2 atom stereocenters. The molecule has 1 nitrogen and oxygen atoms in total. The summed E-state index contributed by atoms with van der Waals surface area (Å²) in [6.07, 6.45) is 1.32. The zero-order chi connectivity index (χ0) is 10.7. The average Bonchev–Trinajstić information content (AvgIpc) is 2.71. The highest BCUT2D eigenvalue weighted by Crippen LogP contribution is 2.21. The second-order valence-corrected chi connectivity index (χ2v) is 6.40. The van der Waals surface area contributed by atoms with Gasteiger partial charge < -0.3 is 5.32 Å². The van der Waals surface area contributed by atoms with Crippen LogP contribution in [0.15, 0.2) is 24.3 Å². The van der Waals surface area contributed by atoms with Crippen molar-refractivity contribution in [1.82, 2.24) is 5.32 Å². The molecule has 0 saturated carbocycles. The summed E-state index contributed by atoms with van der Waals surface area (Å²) in [5.41, 5.74) is 1.40. The normalized spacial score (nSPS) is 22.9. The van der Waals surface area contributed by atoms with Gasteiger partial charge in [-0.15, -0.1) is 0 Å². The van der Waals surface area contributed by atoms with E-state index >= 15 is 0 Å². The molecule has 15 heavy (non-hydrogen) atoms. The summed E-state index contributed by atoms with van der Waals surface area (Å²) in [5.74, 6) is 2.59. The molecular formula is C12H16INS. The number of hydrogen-bond acceptors (Lipinski definition) is 2. The van der Waals surface area contributed by atoms with Crippen molar-refractivity contribution in [2.24, 2.45) is 0 Å². The van der Waals surface area contributed by atoms with Crippen LogP contribution in [0.5, 0.6) is 0 Å². The molecule has 1 aromatic carbocycles. The molecule has 1 aliphatic heterocycles. The van der Waals surface area contributed by atoms with Crippen LogP contribution in [0.2, 0.25) is 0 Å². The molecule has 0 radical (unpaired) electrons. The van der Waals surface area contributed by atoms with E-state index in [4.69, 9.17) is 0 Å². The number of thioether (sulfide) groups is 1. The third-order valence-electron chi connectivity index (χ3n) is 2.79. The van der Waals surface area contributed by atoms with E-state index in [0.717, 1.165) is 0 Å². The molecule has 0 spiro atoms. The fourth-order valence-electron chi connectivity index (χ4n) is 1.87. The molecule has 1 saturated heterocycles. The SMILES string of the molecule is CC(NC1CCSC1)c1ccc(I)cc1. The summed E-state index contributed by atoms with van der Waals surface area (Å²) in [4.78, 5) is 0. The second-order valence-electron chi connectivity index (χ2n) is 4.00. The highest BCUT2D eigenvalue weighted by molar-refractivity contribution is 14.1. The Bertz CT molecular complexity index is 306. The van der Waals surface area contributed by atoms with Crippen molar-refractivity contribution in [3.63, 3.8) is 0 Å². The Hall–Kier alpha value is 0.260. The van der Waals surface area contributed by atoms with Crippen molar-refractivity contribution in [1.29, 1.82) is 0 Å². The van der Waals surface area contributed by atoms with E-state index in [1.807, 2.05) is 0 Å². The predicted octanol–water partition coefficient (Wildman–Crippen LogP) is 3.45. The van der Waals surface area contributed by atoms with Gasteiger partial charge in [0.1, 0.15) is 0 Å². The van der Waals surface area contributed by atoms with Crippen LogP contribution in [-0.2, 0) is 0 Å². The molecule has 2 rings (SSSR count). The highest BCUT2D eigenvalue weighted by Gasteiger charge is 2.17. The topological polar surface area (TPSA) is 12.0 Å². The minimum Gasteiger partial charge on any atom is -0.307 e. The third kappa shape index (κ3) is 3.36. The number of halogens is 1. The summed E-state index contributed by atoms with van der Waals surface area (Å²) in [6.45, 7) is 2.26. The number of nitrogens with one attached hydrogen (secondary N) is 1. The number of benzene rings is 1. The monoisotopic (exact) mass is 333 g/mol. The van der Waals surface area contributed by atoms with Gasteiger partial charge in [-0.3, -0.25) is 0 Å². The zero-order valence-corrected chi connectivity index (χ0v) is 11.8. The van der Waals surface area contributed by atoms with Crippen molar-refractivity contribution in [2.75, 3.05) is 11.5 Å². The highest BCUT2D eigenvalue weighted by atomic mass is 127. The molecule has 0 bridgehead atoms. The first-order chi connectivity index (χ1) is 7.25. The van der Waals surface area contributed by atoms with Gasteiger partial charge in [0, 0.05) is 21.4 Å². The first-order valence-corrected chi connectivity index (χ1v) is 7.58. The Labute approximate surface area is 110 Å². The van der Waals surface area contributed by atoms with E-state index < -0.39 is 0 Å². The Morgan fingerprint density at radius 3 is 2.73 bits per heavy atom. The van der Waals surface area contributed by atoms with Gasteiger partial charge in [0.15, 0.2) is 0 Å². The summed E-state index contributed by atoms with van der Waals surface area (Å²) in [5, 5.41) is 3.69. The van der Waals surface area contributed by atoms with Crippen LogP contribution in [-0.4, -0.2) is 17.5 Å². The Kier molecular flexibility index (Phi) is 4.34. The van der Waals surface area contributed by atoms with Gasteiger partial charge in [-0.2, -0.15) is 11.8 Å². The fraction of sp³-hybridized carbons (Fsp3) is 0.500. The number of rotatable bonds is 3. The summed E-state index contributed by atoms with van der Waals surface area (Å²) in [6, 6.07) is 9.99. The Morgan fingerprint density at radius 1 is 1.40 bits per heavy atom. The smallest absolute Gasteiger partial charge is 0.0294 e. The summed E-state index contributed by atoms with van der Waals surface area (Å²) < 4.78 is 1.31. The average molecular weight is 333 g/mol. The van der Waals surface area contributed by atoms with Crippen molar-refractivity contribution >= 4 is 34.4 Å². The van der Waals surface area contributed by atoms with Crippen LogP contribution >= 0.6 is 34.4 Å². The van der Waals surface area contributed by atoms with Crippen LogP contribution in [0.4, 0.5) is 0 Å². The Morgan fingerprint density at radius 2 is 2.13 bits per heavy atom. The van der Waals surface area contributed by atoms with Crippen LogP contribution < -0.4 is 5.32 Å². The predicted molar refractivity (Wildman–Crippen MR) is 76.4 cm³/mol. The van der Waals surface area contributed by atoms with Crippen LogP contribution in [0.25, 0.3) is 0 Å². The first kappa shape index (κ1) is 11.7. The molecule has 0 aliphatic carbocycles. The van der Waals surface area contributed by atoms with Crippen molar-refractivity contribution in [3.8, 4) is 0 Å². The second kappa shape index (κ2) is 5.55. The lowest BCUT2D eigenvalue weighted by Crippen LogP contribution is -2.31. The molecule has 2 unspecified atom stereocenters. The fourth-order valence-corrected chi connectivity index (χ4v) is 3.39. The first-order valence-electron chi connectivity index (χ1n) is 5.35. The van der Waals surface area contributed by atoms with Crippen LogP contribution in [0.1, 0.15) is 24.9 Å². The molecule has 1 N–H and O–H groups in total. The number of hydrogen-bond donors (Lipinski definition) is 1. The van der Waals surface area contributed by atoms with Gasteiger partial charge >= 0.3 is 0 Å². The molecule has 1 aromatic rings. The largest absolute Gasteiger partial charge is 0.307 e. The quantitative estimate of drug-likeness (QED) is 0.851. The van der Waals surface area contributed by atoms with Gasteiger partial charge in [-0.1, -0.05) is 12.1 Å². The van der Waals surface area contributed by atoms with Crippen molar-refractivity contribution in [2.45, 2.75) is 25.4 Å². The van der Waals surface area contributed by atoms with Gasteiger partial charge in [-0.05, 0) is 59.4 Å². The molecular weight excluding hydrogens is 317 g/mol.